The SMILES string of the molecule is COc1ccc(OC)c(NC(=O)C2CCCN(c3ccc(-c4ccncc4)nn3)C2)c1. The number of methoxy groups -OCH3 is 2. The van der Waals surface area contributed by atoms with Crippen LogP contribution < -0.4 is 19.7 Å². The van der Waals surface area contributed by atoms with Gasteiger partial charge in [-0.15, -0.1) is 10.2 Å². The number of rotatable bonds is 6. The summed E-state index contributed by atoms with van der Waals surface area (Å²) >= 11 is 0. The molecule has 8 heteroatoms. The molecule has 0 spiro atoms. The Morgan fingerprint density at radius 2 is 1.90 bits per heavy atom. The van der Waals surface area contributed by atoms with Gasteiger partial charge in [0.1, 0.15) is 11.5 Å². The van der Waals surface area contributed by atoms with Crippen LogP contribution in [0.1, 0.15) is 12.8 Å². The van der Waals surface area contributed by atoms with Crippen molar-refractivity contribution < 1.29 is 14.3 Å². The first-order chi connectivity index (χ1) is 15.2. The second-order valence-corrected chi connectivity index (χ2v) is 7.35. The molecule has 2 aromatic heterocycles. The van der Waals surface area contributed by atoms with E-state index >= 15 is 0 Å². The Hall–Kier alpha value is -3.68. The van der Waals surface area contributed by atoms with Gasteiger partial charge in [0.2, 0.25) is 5.91 Å². The van der Waals surface area contributed by atoms with Gasteiger partial charge < -0.3 is 19.7 Å². The van der Waals surface area contributed by atoms with Crippen LogP contribution in [0.25, 0.3) is 11.3 Å². The molecule has 1 amide bonds. The monoisotopic (exact) mass is 419 g/mol. The van der Waals surface area contributed by atoms with E-state index < -0.39 is 0 Å². The first-order valence-corrected chi connectivity index (χ1v) is 10.2. The highest BCUT2D eigenvalue weighted by atomic mass is 16.5. The number of nitrogens with one attached hydrogen (secondary N) is 1. The van der Waals surface area contributed by atoms with Crippen molar-refractivity contribution in [3.8, 4) is 22.8 Å². The molecule has 3 aromatic rings. The lowest BCUT2D eigenvalue weighted by atomic mass is 9.97. The Morgan fingerprint density at radius 1 is 1.06 bits per heavy atom. The summed E-state index contributed by atoms with van der Waals surface area (Å²) in [5.41, 5.74) is 2.37. The molecule has 0 radical (unpaired) electrons. The maximum absolute atomic E-state index is 13.0. The number of anilines is 2. The van der Waals surface area contributed by atoms with Crippen LogP contribution in [0.5, 0.6) is 11.5 Å². The lowest BCUT2D eigenvalue weighted by Crippen LogP contribution is -2.41. The number of hydrogen-bond acceptors (Lipinski definition) is 7. The number of carbonyl (C=O) groups excluding carboxylic acids is 1. The number of ether oxygens (including phenoxy) is 2. The first kappa shape index (κ1) is 20.6. The second-order valence-electron chi connectivity index (χ2n) is 7.35. The highest BCUT2D eigenvalue weighted by Gasteiger charge is 2.27. The maximum atomic E-state index is 13.0. The van der Waals surface area contributed by atoms with E-state index in [1.807, 2.05) is 24.3 Å². The fourth-order valence-electron chi connectivity index (χ4n) is 3.72. The average Bonchev–Trinajstić information content (AvgIpc) is 2.84. The van der Waals surface area contributed by atoms with E-state index in [-0.39, 0.29) is 11.8 Å². The summed E-state index contributed by atoms with van der Waals surface area (Å²) in [5.74, 6) is 1.82. The zero-order valence-electron chi connectivity index (χ0n) is 17.6. The number of benzene rings is 1. The van der Waals surface area contributed by atoms with Crippen molar-refractivity contribution in [2.45, 2.75) is 12.8 Å². The molecule has 1 N–H and O–H groups in total. The molecular weight excluding hydrogens is 394 g/mol. The number of amides is 1. The average molecular weight is 419 g/mol. The maximum Gasteiger partial charge on any atom is 0.229 e. The molecule has 1 saturated heterocycles. The summed E-state index contributed by atoms with van der Waals surface area (Å²) in [5, 5.41) is 11.7. The van der Waals surface area contributed by atoms with E-state index in [1.54, 1.807) is 44.8 Å². The highest BCUT2D eigenvalue weighted by Crippen LogP contribution is 2.30. The lowest BCUT2D eigenvalue weighted by Gasteiger charge is -2.32. The number of hydrogen-bond donors (Lipinski definition) is 1. The molecule has 1 atom stereocenters. The van der Waals surface area contributed by atoms with Crippen LogP contribution in [0.4, 0.5) is 11.5 Å². The number of pyridine rings is 1. The molecule has 31 heavy (non-hydrogen) atoms. The van der Waals surface area contributed by atoms with Crippen LogP contribution in [0.15, 0.2) is 54.9 Å². The standard InChI is InChI=1S/C23H25N5O3/c1-30-18-5-7-21(31-2)20(14-18)25-23(29)17-4-3-13-28(15-17)22-8-6-19(26-27-22)16-9-11-24-12-10-16/h5-12,14,17H,3-4,13,15H2,1-2H3,(H,25,29). The second kappa shape index (κ2) is 9.42. The summed E-state index contributed by atoms with van der Waals surface area (Å²) in [6.07, 6.45) is 5.18. The Bertz CT molecular complexity index is 1030. The van der Waals surface area contributed by atoms with Gasteiger partial charge in [0.15, 0.2) is 5.82 Å². The summed E-state index contributed by atoms with van der Waals surface area (Å²) in [7, 11) is 3.17. The fraction of sp³-hybridized carbons (Fsp3) is 0.304. The highest BCUT2D eigenvalue weighted by molar-refractivity contribution is 5.94. The quantitative estimate of drug-likeness (QED) is 0.655. The van der Waals surface area contributed by atoms with Crippen LogP contribution in [-0.4, -0.2) is 48.4 Å². The molecule has 3 heterocycles. The van der Waals surface area contributed by atoms with Crippen molar-refractivity contribution in [2.75, 3.05) is 37.5 Å². The number of piperidine rings is 1. The molecule has 0 bridgehead atoms. The number of carbonyl (C=O) groups is 1. The molecule has 1 aliphatic heterocycles. The third kappa shape index (κ3) is 4.74. The van der Waals surface area contributed by atoms with E-state index in [9.17, 15) is 4.79 Å². The van der Waals surface area contributed by atoms with Gasteiger partial charge in [-0.1, -0.05) is 0 Å². The van der Waals surface area contributed by atoms with Crippen LogP contribution in [0, 0.1) is 5.92 Å². The third-order valence-corrected chi connectivity index (χ3v) is 5.41. The van der Waals surface area contributed by atoms with E-state index in [2.05, 4.69) is 25.4 Å². The van der Waals surface area contributed by atoms with Gasteiger partial charge in [0.25, 0.3) is 0 Å². The summed E-state index contributed by atoms with van der Waals surface area (Å²) in [6.45, 7) is 1.43. The molecule has 1 unspecified atom stereocenters. The Balaban J connectivity index is 1.44. The third-order valence-electron chi connectivity index (χ3n) is 5.41. The zero-order chi connectivity index (χ0) is 21.6. The van der Waals surface area contributed by atoms with Crippen molar-refractivity contribution >= 4 is 17.4 Å². The predicted molar refractivity (Wildman–Crippen MR) is 118 cm³/mol. The molecule has 160 valence electrons. The smallest absolute Gasteiger partial charge is 0.229 e. The van der Waals surface area contributed by atoms with Crippen molar-refractivity contribution in [3.05, 3.63) is 54.9 Å². The molecule has 1 aliphatic rings. The molecule has 0 aliphatic carbocycles. The minimum absolute atomic E-state index is 0.0439. The van der Waals surface area contributed by atoms with E-state index in [1.165, 1.54) is 0 Å². The molecule has 4 rings (SSSR count). The molecule has 1 fully saturated rings. The van der Waals surface area contributed by atoms with Crippen LogP contribution >= 0.6 is 0 Å². The summed E-state index contributed by atoms with van der Waals surface area (Å²) < 4.78 is 10.6. The van der Waals surface area contributed by atoms with Gasteiger partial charge in [-0.2, -0.15) is 0 Å². The van der Waals surface area contributed by atoms with Crippen LogP contribution in [0.2, 0.25) is 0 Å². The topological polar surface area (TPSA) is 89.5 Å². The van der Waals surface area contributed by atoms with Gasteiger partial charge in [-0.25, -0.2) is 0 Å². The minimum atomic E-state index is -0.161. The zero-order valence-corrected chi connectivity index (χ0v) is 17.6. The molecule has 1 aromatic carbocycles. The largest absolute Gasteiger partial charge is 0.497 e. The van der Waals surface area contributed by atoms with Crippen molar-refractivity contribution in [3.63, 3.8) is 0 Å². The van der Waals surface area contributed by atoms with Gasteiger partial charge in [0.05, 0.1) is 31.5 Å². The van der Waals surface area contributed by atoms with Gasteiger partial charge >= 0.3 is 0 Å². The Kier molecular flexibility index (Phi) is 6.26. The number of nitrogens with zero attached hydrogens (tertiary/aromatic N) is 4. The van der Waals surface area contributed by atoms with Crippen LogP contribution in [0.3, 0.4) is 0 Å². The fourth-order valence-corrected chi connectivity index (χ4v) is 3.72. The molecular formula is C23H25N5O3. The number of aromatic nitrogens is 3. The first-order valence-electron chi connectivity index (χ1n) is 10.2. The Morgan fingerprint density at radius 3 is 2.61 bits per heavy atom. The van der Waals surface area contributed by atoms with Crippen molar-refractivity contribution in [1.29, 1.82) is 0 Å². The van der Waals surface area contributed by atoms with E-state index in [0.717, 1.165) is 36.5 Å². The minimum Gasteiger partial charge on any atom is -0.497 e. The summed E-state index contributed by atoms with van der Waals surface area (Å²) in [4.78, 5) is 19.1. The predicted octanol–water partition coefficient (Wildman–Crippen LogP) is 3.41. The molecule has 8 nitrogen and oxygen atoms in total. The van der Waals surface area contributed by atoms with Gasteiger partial charge in [0, 0.05) is 37.1 Å². The normalized spacial score (nSPS) is 15.9. The Labute approximate surface area is 181 Å². The summed E-state index contributed by atoms with van der Waals surface area (Å²) in [6, 6.07) is 13.0. The van der Waals surface area contributed by atoms with Gasteiger partial charge in [-0.05, 0) is 49.2 Å². The van der Waals surface area contributed by atoms with E-state index in [4.69, 9.17) is 9.47 Å². The molecule has 0 saturated carbocycles. The van der Waals surface area contributed by atoms with Crippen molar-refractivity contribution in [2.24, 2.45) is 5.92 Å². The van der Waals surface area contributed by atoms with Gasteiger partial charge in [-0.3, -0.25) is 9.78 Å². The van der Waals surface area contributed by atoms with Crippen LogP contribution in [-0.2, 0) is 4.79 Å². The van der Waals surface area contributed by atoms with Crippen molar-refractivity contribution in [1.82, 2.24) is 15.2 Å². The lowest BCUT2D eigenvalue weighted by molar-refractivity contribution is -0.120. The van der Waals surface area contributed by atoms with E-state index in [0.29, 0.717) is 23.7 Å².